The number of methoxy groups -OCH3 is 2. The summed E-state index contributed by atoms with van der Waals surface area (Å²) in [4.78, 5) is 16.9. The van der Waals surface area contributed by atoms with Gasteiger partial charge in [-0.15, -0.1) is 0 Å². The van der Waals surface area contributed by atoms with E-state index in [0.717, 1.165) is 12.8 Å². The van der Waals surface area contributed by atoms with Crippen LogP contribution in [0.2, 0.25) is 0 Å². The van der Waals surface area contributed by atoms with Gasteiger partial charge >= 0.3 is 0 Å². The van der Waals surface area contributed by atoms with E-state index < -0.39 is 0 Å². The fraction of sp³-hybridized carbons (Fsp3) is 0.632. The van der Waals surface area contributed by atoms with Gasteiger partial charge in [0.1, 0.15) is 0 Å². The summed E-state index contributed by atoms with van der Waals surface area (Å²) in [5, 5.41) is 20.4. The molecule has 7 nitrogen and oxygen atoms in total. The number of carbonyl (C=O) groups is 1. The number of carbonyl (C=O) groups excluding carboxylic acids is 1. The molecule has 1 aromatic rings. The zero-order valence-corrected chi connectivity index (χ0v) is 15.8. The molecule has 1 saturated carbocycles. The number of phenolic OH excluding ortho intramolecular Hbond substituents is 1. The average Bonchev–Trinajstić information content (AvgIpc) is 3.03. The first-order valence-electron chi connectivity index (χ1n) is 8.94. The van der Waals surface area contributed by atoms with Crippen molar-refractivity contribution in [2.75, 3.05) is 41.4 Å². The van der Waals surface area contributed by atoms with Gasteiger partial charge in [0.15, 0.2) is 11.5 Å². The topological polar surface area (TPSA) is 82.5 Å². The van der Waals surface area contributed by atoms with Crippen LogP contribution in [0.25, 0.3) is 0 Å². The maximum atomic E-state index is 13.0. The number of benzene rings is 1. The average molecular weight is 364 g/mol. The molecule has 0 aromatic heterocycles. The van der Waals surface area contributed by atoms with Crippen molar-refractivity contribution in [3.8, 4) is 17.2 Å². The second kappa shape index (κ2) is 7.32. The van der Waals surface area contributed by atoms with Crippen molar-refractivity contribution in [1.29, 1.82) is 0 Å². The maximum Gasteiger partial charge on any atom is 0.254 e. The number of rotatable bonds is 4. The van der Waals surface area contributed by atoms with E-state index in [0.29, 0.717) is 30.5 Å². The third-order valence-electron chi connectivity index (χ3n) is 5.79. The Kier molecular flexibility index (Phi) is 5.29. The van der Waals surface area contributed by atoms with Gasteiger partial charge in [-0.05, 0) is 50.9 Å². The molecule has 0 bridgehead atoms. The molecule has 0 unspecified atom stereocenters. The lowest BCUT2D eigenvalue weighted by Crippen LogP contribution is -2.46. The van der Waals surface area contributed by atoms with Gasteiger partial charge < -0.3 is 29.5 Å². The summed E-state index contributed by atoms with van der Waals surface area (Å²) < 4.78 is 10.3. The number of hydrogen-bond acceptors (Lipinski definition) is 6. The highest BCUT2D eigenvalue weighted by Crippen LogP contribution is 2.40. The molecule has 4 atom stereocenters. The minimum Gasteiger partial charge on any atom is -0.502 e. The van der Waals surface area contributed by atoms with E-state index in [1.807, 2.05) is 19.0 Å². The quantitative estimate of drug-likeness (QED) is 0.835. The standard InChI is InChI=1S/C19H28N2O5/c1-20(2)14-5-12-9-21(10-13(12)6-15(14)22)19(24)11-7-16(25-3)18(23)17(8-11)26-4/h7-8,12-15,22-23H,5-6,9-10H2,1-4H3/t12-,13+,14-,15-/m1/s1. The second-order valence-electron chi connectivity index (χ2n) is 7.53. The van der Waals surface area contributed by atoms with Crippen molar-refractivity contribution in [1.82, 2.24) is 9.80 Å². The molecule has 26 heavy (non-hydrogen) atoms. The summed E-state index contributed by atoms with van der Waals surface area (Å²) in [7, 11) is 6.86. The molecule has 0 spiro atoms. The summed E-state index contributed by atoms with van der Waals surface area (Å²) >= 11 is 0. The van der Waals surface area contributed by atoms with Crippen molar-refractivity contribution in [3.05, 3.63) is 17.7 Å². The Morgan fingerprint density at radius 1 is 1.12 bits per heavy atom. The van der Waals surface area contributed by atoms with E-state index in [2.05, 4.69) is 4.90 Å². The number of aliphatic hydroxyl groups excluding tert-OH is 1. The summed E-state index contributed by atoms with van der Waals surface area (Å²) in [5.74, 6) is 0.937. The van der Waals surface area contributed by atoms with Crippen LogP contribution in [0.5, 0.6) is 17.2 Å². The number of fused-ring (bicyclic) bond motifs is 1. The number of likely N-dealkylation sites (tertiary alicyclic amines) is 1. The van der Waals surface area contributed by atoms with Crippen LogP contribution in [0.4, 0.5) is 0 Å². The van der Waals surface area contributed by atoms with Crippen LogP contribution in [0.15, 0.2) is 12.1 Å². The summed E-state index contributed by atoms with van der Waals surface area (Å²) in [6, 6.07) is 3.22. The van der Waals surface area contributed by atoms with Crippen LogP contribution in [0.3, 0.4) is 0 Å². The van der Waals surface area contributed by atoms with E-state index >= 15 is 0 Å². The Morgan fingerprint density at radius 2 is 1.65 bits per heavy atom. The highest BCUT2D eigenvalue weighted by molar-refractivity contribution is 5.95. The lowest BCUT2D eigenvalue weighted by Gasteiger charge is -2.38. The van der Waals surface area contributed by atoms with Gasteiger partial charge in [0.25, 0.3) is 5.91 Å². The molecule has 3 rings (SSSR count). The van der Waals surface area contributed by atoms with E-state index in [-0.39, 0.29) is 35.3 Å². The first kappa shape index (κ1) is 18.8. The summed E-state index contributed by atoms with van der Waals surface area (Å²) in [6.45, 7) is 1.33. The molecule has 7 heteroatoms. The molecule has 1 aliphatic carbocycles. The summed E-state index contributed by atoms with van der Waals surface area (Å²) in [5.41, 5.74) is 0.430. The number of phenols is 1. The number of ether oxygens (including phenoxy) is 2. The Morgan fingerprint density at radius 3 is 2.15 bits per heavy atom. The van der Waals surface area contributed by atoms with Crippen LogP contribution >= 0.6 is 0 Å². The van der Waals surface area contributed by atoms with Gasteiger partial charge in [-0.1, -0.05) is 0 Å². The zero-order valence-electron chi connectivity index (χ0n) is 15.8. The van der Waals surface area contributed by atoms with Crippen molar-refractivity contribution in [2.24, 2.45) is 11.8 Å². The number of likely N-dealkylation sites (N-methyl/N-ethyl adjacent to an activating group) is 1. The zero-order chi connectivity index (χ0) is 19.0. The number of aliphatic hydroxyl groups is 1. The first-order valence-corrected chi connectivity index (χ1v) is 8.94. The van der Waals surface area contributed by atoms with Gasteiger partial charge in [-0.2, -0.15) is 0 Å². The molecule has 2 aliphatic rings. The highest BCUT2D eigenvalue weighted by atomic mass is 16.5. The highest BCUT2D eigenvalue weighted by Gasteiger charge is 2.43. The van der Waals surface area contributed by atoms with Crippen LogP contribution < -0.4 is 9.47 Å². The van der Waals surface area contributed by atoms with Gasteiger partial charge in [0.2, 0.25) is 5.75 Å². The number of aromatic hydroxyl groups is 1. The van der Waals surface area contributed by atoms with Crippen molar-refractivity contribution in [2.45, 2.75) is 25.0 Å². The van der Waals surface area contributed by atoms with Crippen molar-refractivity contribution < 1.29 is 24.5 Å². The Bertz CT molecular complexity index is 653. The third-order valence-corrected chi connectivity index (χ3v) is 5.79. The number of amides is 1. The molecule has 0 radical (unpaired) electrons. The second-order valence-corrected chi connectivity index (χ2v) is 7.53. The first-order chi connectivity index (χ1) is 12.3. The van der Waals surface area contributed by atoms with E-state index in [9.17, 15) is 15.0 Å². The number of hydrogen-bond donors (Lipinski definition) is 2. The van der Waals surface area contributed by atoms with Crippen molar-refractivity contribution >= 4 is 5.91 Å². The largest absolute Gasteiger partial charge is 0.502 e. The SMILES string of the molecule is COc1cc(C(=O)N2C[C@H]3C[C@@H](N(C)C)[C@H](O)C[C@H]3C2)cc(OC)c1O. The maximum absolute atomic E-state index is 13.0. The van der Waals surface area contributed by atoms with Gasteiger partial charge in [-0.3, -0.25) is 4.79 Å². The molecular weight excluding hydrogens is 336 g/mol. The van der Waals surface area contributed by atoms with Crippen LogP contribution in [0, 0.1) is 11.8 Å². The molecular formula is C19H28N2O5. The molecule has 1 heterocycles. The molecule has 2 N–H and O–H groups in total. The lowest BCUT2D eigenvalue weighted by atomic mass is 9.77. The Labute approximate surface area is 154 Å². The Hall–Kier alpha value is -1.99. The minimum absolute atomic E-state index is 0.105. The number of nitrogens with zero attached hydrogens (tertiary/aromatic N) is 2. The van der Waals surface area contributed by atoms with Gasteiger partial charge in [0.05, 0.1) is 20.3 Å². The fourth-order valence-electron chi connectivity index (χ4n) is 4.33. The minimum atomic E-state index is -0.352. The smallest absolute Gasteiger partial charge is 0.254 e. The third kappa shape index (κ3) is 3.33. The van der Waals surface area contributed by atoms with E-state index in [4.69, 9.17) is 9.47 Å². The normalized spacial score (nSPS) is 28.2. The molecule has 144 valence electrons. The Balaban J connectivity index is 1.78. The fourth-order valence-corrected chi connectivity index (χ4v) is 4.33. The van der Waals surface area contributed by atoms with E-state index in [1.54, 1.807) is 12.1 Å². The van der Waals surface area contributed by atoms with Gasteiger partial charge in [0, 0.05) is 24.7 Å². The molecule has 2 fully saturated rings. The molecule has 1 aliphatic heterocycles. The van der Waals surface area contributed by atoms with E-state index in [1.165, 1.54) is 14.2 Å². The van der Waals surface area contributed by atoms with Gasteiger partial charge in [-0.25, -0.2) is 0 Å². The lowest BCUT2D eigenvalue weighted by molar-refractivity contribution is 0.00940. The van der Waals surface area contributed by atoms with Crippen LogP contribution in [-0.4, -0.2) is 79.5 Å². The molecule has 1 saturated heterocycles. The summed E-state index contributed by atoms with van der Waals surface area (Å²) in [6.07, 6.45) is 1.26. The predicted molar refractivity (Wildman–Crippen MR) is 96.8 cm³/mol. The monoisotopic (exact) mass is 364 g/mol. The predicted octanol–water partition coefficient (Wildman–Crippen LogP) is 1.18. The van der Waals surface area contributed by atoms with Crippen LogP contribution in [0.1, 0.15) is 23.2 Å². The van der Waals surface area contributed by atoms with Crippen molar-refractivity contribution in [3.63, 3.8) is 0 Å². The molecule has 1 amide bonds. The molecule has 1 aromatic carbocycles. The van der Waals surface area contributed by atoms with Crippen LogP contribution in [-0.2, 0) is 0 Å².